The van der Waals surface area contributed by atoms with Crippen molar-refractivity contribution >= 4 is 23.1 Å². The number of benzene rings is 1. The van der Waals surface area contributed by atoms with Gasteiger partial charge in [-0.1, -0.05) is 0 Å². The minimum atomic E-state index is -1.02. The van der Waals surface area contributed by atoms with Crippen LogP contribution in [0.25, 0.3) is 0 Å². The van der Waals surface area contributed by atoms with Gasteiger partial charge in [-0.2, -0.15) is 5.26 Å². The summed E-state index contributed by atoms with van der Waals surface area (Å²) in [5.74, 6) is -1.02. The van der Waals surface area contributed by atoms with Gasteiger partial charge in [0.15, 0.2) is 12.1 Å². The number of nitrogens with zero attached hydrogens (tertiary/aromatic N) is 1. The van der Waals surface area contributed by atoms with Crippen LogP contribution in [0.5, 0.6) is 0 Å². The third kappa shape index (κ3) is 1.63. The summed E-state index contributed by atoms with van der Waals surface area (Å²) in [6.45, 7) is 0. The van der Waals surface area contributed by atoms with Crippen LogP contribution in [0.2, 0.25) is 0 Å². The van der Waals surface area contributed by atoms with Crippen LogP contribution in [0.3, 0.4) is 0 Å². The standard InChI is InChI=1S/C9H3ClFNO2/c10-9(14)6-2-1-5(4-13)8(11)7(6)3-12/h1-2,4H. The Morgan fingerprint density at radius 1 is 1.57 bits per heavy atom. The smallest absolute Gasteiger partial charge is 0.253 e. The van der Waals surface area contributed by atoms with E-state index in [-0.39, 0.29) is 17.4 Å². The maximum Gasteiger partial charge on any atom is 0.253 e. The van der Waals surface area contributed by atoms with Gasteiger partial charge in [-0.3, -0.25) is 9.59 Å². The molecule has 0 fully saturated rings. The molecule has 0 aliphatic rings. The molecule has 0 aliphatic heterocycles. The Morgan fingerprint density at radius 3 is 2.64 bits per heavy atom. The highest BCUT2D eigenvalue weighted by atomic mass is 35.5. The molecule has 1 rings (SSSR count). The minimum Gasteiger partial charge on any atom is -0.298 e. The molecule has 70 valence electrons. The van der Waals surface area contributed by atoms with Crippen LogP contribution in [0.15, 0.2) is 12.1 Å². The SMILES string of the molecule is N#Cc1c(C(=O)Cl)ccc(C=O)c1F. The lowest BCUT2D eigenvalue weighted by molar-refractivity contribution is 0.107. The first-order valence-corrected chi connectivity index (χ1v) is 3.87. The molecule has 0 aromatic heterocycles. The zero-order valence-electron chi connectivity index (χ0n) is 6.75. The van der Waals surface area contributed by atoms with Crippen LogP contribution in [0.4, 0.5) is 4.39 Å². The van der Waals surface area contributed by atoms with Gasteiger partial charge in [-0.15, -0.1) is 0 Å². The molecular formula is C9H3ClFNO2. The van der Waals surface area contributed by atoms with Crippen LogP contribution in [-0.2, 0) is 0 Å². The molecule has 0 amide bonds. The number of carbonyl (C=O) groups excluding carboxylic acids is 2. The third-order valence-electron chi connectivity index (χ3n) is 1.62. The normalized spacial score (nSPS) is 9.21. The van der Waals surface area contributed by atoms with Crippen molar-refractivity contribution in [1.29, 1.82) is 5.26 Å². The molecule has 0 aliphatic carbocycles. The van der Waals surface area contributed by atoms with Crippen molar-refractivity contribution in [2.75, 3.05) is 0 Å². The highest BCUT2D eigenvalue weighted by molar-refractivity contribution is 6.68. The Labute approximate surface area is 83.7 Å². The van der Waals surface area contributed by atoms with Gasteiger partial charge >= 0.3 is 0 Å². The number of aldehydes is 1. The summed E-state index contributed by atoms with van der Waals surface area (Å²) in [7, 11) is 0. The molecule has 0 atom stereocenters. The predicted octanol–water partition coefficient (Wildman–Crippen LogP) is 1.89. The van der Waals surface area contributed by atoms with Crippen LogP contribution in [0, 0.1) is 17.1 Å². The maximum atomic E-state index is 13.2. The highest BCUT2D eigenvalue weighted by Crippen LogP contribution is 2.17. The first kappa shape index (κ1) is 10.4. The maximum absolute atomic E-state index is 13.2. The van der Waals surface area contributed by atoms with Crippen LogP contribution >= 0.6 is 11.6 Å². The van der Waals surface area contributed by atoms with E-state index in [1.54, 1.807) is 0 Å². The Morgan fingerprint density at radius 2 is 2.21 bits per heavy atom. The number of rotatable bonds is 2. The van der Waals surface area contributed by atoms with E-state index < -0.39 is 16.6 Å². The molecule has 1 aromatic rings. The van der Waals surface area contributed by atoms with Gasteiger partial charge in [0.25, 0.3) is 5.24 Å². The molecule has 14 heavy (non-hydrogen) atoms. The molecular weight excluding hydrogens is 209 g/mol. The van der Waals surface area contributed by atoms with Crippen molar-refractivity contribution in [2.24, 2.45) is 0 Å². The van der Waals surface area contributed by atoms with E-state index in [0.717, 1.165) is 12.1 Å². The Hall–Kier alpha value is -1.73. The van der Waals surface area contributed by atoms with Crippen molar-refractivity contribution in [3.63, 3.8) is 0 Å². The first-order chi connectivity index (χ1) is 6.61. The predicted molar refractivity (Wildman–Crippen MR) is 46.7 cm³/mol. The van der Waals surface area contributed by atoms with Gasteiger partial charge in [0, 0.05) is 0 Å². The number of halogens is 2. The fraction of sp³-hybridized carbons (Fsp3) is 0. The number of hydrogen-bond acceptors (Lipinski definition) is 3. The van der Waals surface area contributed by atoms with Crippen molar-refractivity contribution in [3.8, 4) is 6.07 Å². The number of hydrogen-bond donors (Lipinski definition) is 0. The lowest BCUT2D eigenvalue weighted by Crippen LogP contribution is -2.01. The molecule has 0 bridgehead atoms. The minimum absolute atomic E-state index is 0.239. The molecule has 0 N–H and O–H groups in total. The molecule has 0 radical (unpaired) electrons. The van der Waals surface area contributed by atoms with Crippen LogP contribution in [-0.4, -0.2) is 11.5 Å². The molecule has 1 aromatic carbocycles. The molecule has 0 unspecified atom stereocenters. The first-order valence-electron chi connectivity index (χ1n) is 3.49. The summed E-state index contributed by atoms with van der Waals surface area (Å²) in [6.07, 6.45) is 0.263. The van der Waals surface area contributed by atoms with E-state index in [1.165, 1.54) is 6.07 Å². The molecule has 3 nitrogen and oxygen atoms in total. The average molecular weight is 212 g/mol. The van der Waals surface area contributed by atoms with Crippen molar-refractivity contribution in [3.05, 3.63) is 34.6 Å². The van der Waals surface area contributed by atoms with E-state index in [4.69, 9.17) is 16.9 Å². The molecule has 0 spiro atoms. The van der Waals surface area contributed by atoms with E-state index in [1.807, 2.05) is 0 Å². The quantitative estimate of drug-likeness (QED) is 0.554. The summed E-state index contributed by atoms with van der Waals surface area (Å²) >= 11 is 5.11. The summed E-state index contributed by atoms with van der Waals surface area (Å²) in [6, 6.07) is 3.72. The Balaban J connectivity index is 3.53. The topological polar surface area (TPSA) is 57.9 Å². The fourth-order valence-corrected chi connectivity index (χ4v) is 1.11. The second kappa shape index (κ2) is 3.99. The lowest BCUT2D eigenvalue weighted by Gasteiger charge is -2.00. The summed E-state index contributed by atoms with van der Waals surface area (Å²) < 4.78 is 13.2. The summed E-state index contributed by atoms with van der Waals surface area (Å²) in [4.78, 5) is 21.0. The van der Waals surface area contributed by atoms with Gasteiger partial charge in [0.05, 0.1) is 11.1 Å². The van der Waals surface area contributed by atoms with E-state index in [2.05, 4.69) is 0 Å². The van der Waals surface area contributed by atoms with Crippen LogP contribution < -0.4 is 0 Å². The summed E-state index contributed by atoms with van der Waals surface area (Å²) in [5, 5.41) is 7.62. The van der Waals surface area contributed by atoms with Gasteiger partial charge in [0.1, 0.15) is 11.6 Å². The van der Waals surface area contributed by atoms with Gasteiger partial charge in [-0.25, -0.2) is 4.39 Å². The molecule has 5 heteroatoms. The second-order valence-corrected chi connectivity index (χ2v) is 2.74. The Kier molecular flexibility index (Phi) is 2.95. The van der Waals surface area contributed by atoms with Crippen molar-refractivity contribution in [2.45, 2.75) is 0 Å². The highest BCUT2D eigenvalue weighted by Gasteiger charge is 2.16. The number of carbonyl (C=O) groups is 2. The largest absolute Gasteiger partial charge is 0.298 e. The monoisotopic (exact) mass is 211 g/mol. The second-order valence-electron chi connectivity index (χ2n) is 2.39. The van der Waals surface area contributed by atoms with Gasteiger partial charge in [-0.05, 0) is 23.7 Å². The van der Waals surface area contributed by atoms with Crippen molar-refractivity contribution in [1.82, 2.24) is 0 Å². The van der Waals surface area contributed by atoms with E-state index >= 15 is 0 Å². The van der Waals surface area contributed by atoms with E-state index in [9.17, 15) is 14.0 Å². The van der Waals surface area contributed by atoms with E-state index in [0.29, 0.717) is 0 Å². The zero-order valence-corrected chi connectivity index (χ0v) is 7.51. The Bertz CT molecular complexity index is 451. The molecule has 0 saturated heterocycles. The average Bonchev–Trinajstić information content (AvgIpc) is 2.17. The van der Waals surface area contributed by atoms with Gasteiger partial charge in [0.2, 0.25) is 0 Å². The molecule has 0 saturated carbocycles. The van der Waals surface area contributed by atoms with Crippen molar-refractivity contribution < 1.29 is 14.0 Å². The fourth-order valence-electron chi connectivity index (χ4n) is 0.956. The third-order valence-corrected chi connectivity index (χ3v) is 1.83. The summed E-state index contributed by atoms with van der Waals surface area (Å²) in [5.41, 5.74) is -1.02. The number of nitriles is 1. The lowest BCUT2D eigenvalue weighted by atomic mass is 10.1. The molecule has 0 heterocycles. The van der Waals surface area contributed by atoms with Gasteiger partial charge < -0.3 is 0 Å². The zero-order chi connectivity index (χ0) is 10.7. The van der Waals surface area contributed by atoms with Crippen LogP contribution in [0.1, 0.15) is 26.3 Å².